The fourth-order valence-corrected chi connectivity index (χ4v) is 3.51. The Morgan fingerprint density at radius 2 is 2.18 bits per heavy atom. The maximum atomic E-state index is 11.6. The summed E-state index contributed by atoms with van der Waals surface area (Å²) in [6, 6.07) is 4.56. The molecule has 0 saturated heterocycles. The predicted octanol–water partition coefficient (Wildman–Crippen LogP) is 3.59. The summed E-state index contributed by atoms with van der Waals surface area (Å²) in [5.74, 6) is -0.132. The van der Waals surface area contributed by atoms with E-state index in [1.54, 1.807) is 0 Å². The maximum Gasteiger partial charge on any atom is 0.310 e. The molecule has 0 aliphatic heterocycles. The van der Waals surface area contributed by atoms with Crippen LogP contribution in [0.5, 0.6) is 0 Å². The Bertz CT molecular complexity index is 471. The van der Waals surface area contributed by atoms with Crippen LogP contribution in [0.1, 0.15) is 63.9 Å². The zero-order valence-corrected chi connectivity index (χ0v) is 13.7. The molecule has 0 amide bonds. The summed E-state index contributed by atoms with van der Waals surface area (Å²) in [4.78, 5) is 15.8. The van der Waals surface area contributed by atoms with E-state index in [9.17, 15) is 9.90 Å². The van der Waals surface area contributed by atoms with Gasteiger partial charge in [-0.3, -0.25) is 9.78 Å². The monoisotopic (exact) mass is 304 g/mol. The zero-order chi connectivity index (χ0) is 16.0. The number of pyridine rings is 1. The molecule has 0 radical (unpaired) electrons. The van der Waals surface area contributed by atoms with Gasteiger partial charge in [0.1, 0.15) is 0 Å². The van der Waals surface area contributed by atoms with Crippen LogP contribution in [0.25, 0.3) is 0 Å². The van der Waals surface area contributed by atoms with Gasteiger partial charge in [-0.2, -0.15) is 0 Å². The summed E-state index contributed by atoms with van der Waals surface area (Å²) in [6.45, 7) is 4.51. The van der Waals surface area contributed by atoms with E-state index in [4.69, 9.17) is 0 Å². The number of nitrogens with one attached hydrogen (secondary N) is 1. The van der Waals surface area contributed by atoms with Crippen molar-refractivity contribution in [3.8, 4) is 0 Å². The number of carboxylic acids is 1. The van der Waals surface area contributed by atoms with Gasteiger partial charge in [0.25, 0.3) is 0 Å². The van der Waals surface area contributed by atoms with Crippen molar-refractivity contribution < 1.29 is 9.90 Å². The van der Waals surface area contributed by atoms with E-state index >= 15 is 0 Å². The van der Waals surface area contributed by atoms with Crippen molar-refractivity contribution in [1.29, 1.82) is 0 Å². The van der Waals surface area contributed by atoms with Crippen LogP contribution < -0.4 is 5.32 Å². The van der Waals surface area contributed by atoms with E-state index < -0.39 is 11.4 Å². The number of aliphatic carboxylic acids is 1. The average Bonchev–Trinajstić information content (AvgIpc) is 2.57. The molecule has 1 aliphatic rings. The Kier molecular flexibility index (Phi) is 5.95. The molecule has 0 bridgehead atoms. The Morgan fingerprint density at radius 3 is 2.77 bits per heavy atom. The highest BCUT2D eigenvalue weighted by molar-refractivity contribution is 5.74. The first-order valence-corrected chi connectivity index (χ1v) is 8.48. The van der Waals surface area contributed by atoms with Gasteiger partial charge in [0, 0.05) is 25.0 Å². The summed E-state index contributed by atoms with van der Waals surface area (Å²) in [7, 11) is 0. The molecule has 1 saturated carbocycles. The minimum absolute atomic E-state index is 0.413. The van der Waals surface area contributed by atoms with E-state index in [1.165, 1.54) is 18.4 Å². The summed E-state index contributed by atoms with van der Waals surface area (Å²) >= 11 is 0. The maximum absolute atomic E-state index is 11.6. The van der Waals surface area contributed by atoms with E-state index in [0.29, 0.717) is 31.3 Å². The van der Waals surface area contributed by atoms with E-state index in [-0.39, 0.29) is 0 Å². The predicted molar refractivity (Wildman–Crippen MR) is 87.9 cm³/mol. The fourth-order valence-electron chi connectivity index (χ4n) is 3.51. The fraction of sp³-hybridized carbons (Fsp3) is 0.667. The van der Waals surface area contributed by atoms with E-state index in [0.717, 1.165) is 12.8 Å². The van der Waals surface area contributed by atoms with Gasteiger partial charge in [-0.15, -0.1) is 0 Å². The van der Waals surface area contributed by atoms with Gasteiger partial charge in [0.15, 0.2) is 0 Å². The van der Waals surface area contributed by atoms with Crippen LogP contribution in [0.3, 0.4) is 0 Å². The first kappa shape index (κ1) is 16.9. The molecule has 1 fully saturated rings. The van der Waals surface area contributed by atoms with Crippen molar-refractivity contribution in [1.82, 2.24) is 10.3 Å². The van der Waals surface area contributed by atoms with E-state index in [2.05, 4.69) is 16.4 Å². The van der Waals surface area contributed by atoms with Crippen LogP contribution >= 0.6 is 0 Å². The number of carboxylic acid groups (broad SMARTS) is 1. The second-order valence-corrected chi connectivity index (χ2v) is 6.52. The van der Waals surface area contributed by atoms with Crippen LogP contribution in [0.2, 0.25) is 0 Å². The van der Waals surface area contributed by atoms with Gasteiger partial charge in [0.05, 0.1) is 5.41 Å². The Labute approximate surface area is 133 Å². The first-order valence-electron chi connectivity index (χ1n) is 8.48. The summed E-state index contributed by atoms with van der Waals surface area (Å²) in [5.41, 5.74) is 0.686. The van der Waals surface area contributed by atoms with Crippen LogP contribution in [0.4, 0.5) is 0 Å². The number of carbonyl (C=O) groups is 1. The molecule has 22 heavy (non-hydrogen) atoms. The highest BCUT2D eigenvalue weighted by Gasteiger charge is 2.35. The summed E-state index contributed by atoms with van der Waals surface area (Å²) in [5, 5.41) is 13.1. The van der Waals surface area contributed by atoms with Crippen molar-refractivity contribution in [2.45, 2.75) is 64.3 Å². The molecule has 4 heteroatoms. The number of nitrogens with zero attached hydrogens (tertiary/aromatic N) is 1. The molecule has 0 spiro atoms. The van der Waals surface area contributed by atoms with Crippen LogP contribution in [0.15, 0.2) is 24.5 Å². The van der Waals surface area contributed by atoms with Crippen LogP contribution in [-0.4, -0.2) is 28.6 Å². The number of hydrogen-bond donors (Lipinski definition) is 2. The van der Waals surface area contributed by atoms with Gasteiger partial charge in [0.2, 0.25) is 0 Å². The number of hydrogen-bond acceptors (Lipinski definition) is 3. The quantitative estimate of drug-likeness (QED) is 0.808. The van der Waals surface area contributed by atoms with Crippen molar-refractivity contribution in [2.75, 3.05) is 6.54 Å². The molecule has 2 N–H and O–H groups in total. The molecular formula is C18H28N2O2. The first-order chi connectivity index (χ1) is 10.6. The molecule has 4 nitrogen and oxygen atoms in total. The number of rotatable bonds is 7. The smallest absolute Gasteiger partial charge is 0.310 e. The normalized spacial score (nSPS) is 22.5. The second-order valence-electron chi connectivity index (χ2n) is 6.52. The molecule has 1 aromatic heterocycles. The van der Waals surface area contributed by atoms with Gasteiger partial charge in [-0.1, -0.05) is 26.3 Å². The molecule has 2 atom stereocenters. The van der Waals surface area contributed by atoms with Crippen LogP contribution in [0, 0.1) is 5.41 Å². The lowest BCUT2D eigenvalue weighted by atomic mass is 9.79. The topological polar surface area (TPSA) is 62.2 Å². The van der Waals surface area contributed by atoms with Crippen molar-refractivity contribution in [3.05, 3.63) is 30.1 Å². The molecule has 2 rings (SSSR count). The lowest BCUT2D eigenvalue weighted by Crippen LogP contribution is -2.45. The van der Waals surface area contributed by atoms with Crippen molar-refractivity contribution >= 4 is 5.97 Å². The standard InChI is InChI=1S/C18H28N2O2/c1-3-18(4-2,17(21)22)13-20-16-9-5-7-14(11-16)15-8-6-10-19-12-15/h6,8,10,12,14,16,20H,3-5,7,9,11,13H2,1-2H3,(H,21,22). The van der Waals surface area contributed by atoms with Crippen LogP contribution in [-0.2, 0) is 4.79 Å². The molecule has 1 aromatic rings. The molecular weight excluding hydrogens is 276 g/mol. The van der Waals surface area contributed by atoms with Gasteiger partial charge in [-0.05, 0) is 49.7 Å². The second kappa shape index (κ2) is 7.73. The van der Waals surface area contributed by atoms with Gasteiger partial charge in [-0.25, -0.2) is 0 Å². The third kappa shape index (κ3) is 3.86. The highest BCUT2D eigenvalue weighted by Crippen LogP contribution is 2.33. The van der Waals surface area contributed by atoms with E-state index in [1.807, 2.05) is 32.3 Å². The summed E-state index contributed by atoms with van der Waals surface area (Å²) < 4.78 is 0. The molecule has 1 aliphatic carbocycles. The Balaban J connectivity index is 1.94. The molecule has 0 aromatic carbocycles. The zero-order valence-electron chi connectivity index (χ0n) is 13.7. The van der Waals surface area contributed by atoms with Crippen molar-refractivity contribution in [2.24, 2.45) is 5.41 Å². The average molecular weight is 304 g/mol. The highest BCUT2D eigenvalue weighted by atomic mass is 16.4. The lowest BCUT2D eigenvalue weighted by Gasteiger charge is -2.34. The van der Waals surface area contributed by atoms with Gasteiger partial charge < -0.3 is 10.4 Å². The minimum Gasteiger partial charge on any atom is -0.481 e. The largest absolute Gasteiger partial charge is 0.481 e. The third-order valence-corrected chi connectivity index (χ3v) is 5.37. The Hall–Kier alpha value is -1.42. The number of aromatic nitrogens is 1. The minimum atomic E-state index is -0.676. The van der Waals surface area contributed by atoms with Gasteiger partial charge >= 0.3 is 5.97 Å². The summed E-state index contributed by atoms with van der Waals surface area (Å²) in [6.07, 6.45) is 9.73. The SMILES string of the molecule is CCC(CC)(CNC1CCCC(c2cccnc2)C1)C(=O)O. The third-order valence-electron chi connectivity index (χ3n) is 5.37. The molecule has 2 unspecified atom stereocenters. The van der Waals surface area contributed by atoms with Crippen molar-refractivity contribution in [3.63, 3.8) is 0 Å². The molecule has 1 heterocycles. The Morgan fingerprint density at radius 1 is 1.41 bits per heavy atom. The molecule has 122 valence electrons. The lowest BCUT2D eigenvalue weighted by molar-refractivity contribution is -0.149.